The second-order valence-corrected chi connectivity index (χ2v) is 9.66. The molecule has 6 saturated carbocycles. The van der Waals surface area contributed by atoms with Gasteiger partial charge in [0.25, 0.3) is 0 Å². The Labute approximate surface area is 124 Å². The van der Waals surface area contributed by atoms with Gasteiger partial charge in [0, 0.05) is 0 Å². The van der Waals surface area contributed by atoms with Crippen LogP contribution in [-0.4, -0.2) is 0 Å². The molecule has 0 heterocycles. The zero-order chi connectivity index (χ0) is 12.8. The summed E-state index contributed by atoms with van der Waals surface area (Å²) in [4.78, 5) is 0. The van der Waals surface area contributed by atoms with Gasteiger partial charge in [-0.05, 0) is 97.7 Å². The van der Waals surface area contributed by atoms with Gasteiger partial charge in [-0.25, -0.2) is 0 Å². The topological polar surface area (TPSA) is 0 Å². The van der Waals surface area contributed by atoms with Crippen LogP contribution in [0, 0.1) is 59.2 Å². The van der Waals surface area contributed by atoms with Crippen LogP contribution in [0.15, 0.2) is 0 Å². The molecule has 0 N–H and O–H groups in total. The minimum atomic E-state index is 1.19. The van der Waals surface area contributed by atoms with Crippen LogP contribution in [0.3, 0.4) is 0 Å². The Hall–Kier alpha value is 0. The van der Waals surface area contributed by atoms with Crippen molar-refractivity contribution in [1.82, 2.24) is 0 Å². The molecule has 0 radical (unpaired) electrons. The summed E-state index contributed by atoms with van der Waals surface area (Å²) < 4.78 is 0. The largest absolute Gasteiger partial charge is 0.0527 e. The predicted octanol–water partition coefficient (Wildman–Crippen LogP) is 5.13. The van der Waals surface area contributed by atoms with Crippen molar-refractivity contribution in [3.05, 3.63) is 0 Å². The van der Waals surface area contributed by atoms with Gasteiger partial charge < -0.3 is 0 Å². The van der Waals surface area contributed by atoms with Crippen molar-refractivity contribution in [1.29, 1.82) is 0 Å². The molecule has 10 atom stereocenters. The molecule has 0 heteroatoms. The maximum Gasteiger partial charge on any atom is -0.0323 e. The average Bonchev–Trinajstić information content (AvgIpc) is 3.11. The highest BCUT2D eigenvalue weighted by atomic mass is 14.7. The predicted molar refractivity (Wildman–Crippen MR) is 81.1 cm³/mol. The summed E-state index contributed by atoms with van der Waals surface area (Å²) in [6.07, 6.45) is 16.3. The van der Waals surface area contributed by atoms with Gasteiger partial charge in [-0.15, -0.1) is 0 Å². The molecule has 6 aliphatic carbocycles. The second-order valence-electron chi connectivity index (χ2n) is 9.66. The van der Waals surface area contributed by atoms with Crippen molar-refractivity contribution in [2.75, 3.05) is 0 Å². The zero-order valence-electron chi connectivity index (χ0n) is 12.8. The van der Waals surface area contributed by atoms with Gasteiger partial charge >= 0.3 is 0 Å². The summed E-state index contributed by atoms with van der Waals surface area (Å²) >= 11 is 0. The summed E-state index contributed by atoms with van der Waals surface area (Å²) in [5.74, 6) is 12.0. The van der Waals surface area contributed by atoms with Crippen LogP contribution in [0.4, 0.5) is 0 Å². The normalized spacial score (nSPS) is 66.0. The minimum absolute atomic E-state index is 1.19. The Kier molecular flexibility index (Phi) is 2.22. The lowest BCUT2D eigenvalue weighted by Crippen LogP contribution is -2.22. The first-order valence-corrected chi connectivity index (χ1v) is 9.90. The summed E-state index contributed by atoms with van der Waals surface area (Å²) in [6, 6.07) is 0. The Morgan fingerprint density at radius 2 is 0.900 bits per heavy atom. The molecule has 0 aromatic carbocycles. The van der Waals surface area contributed by atoms with E-state index in [2.05, 4.69) is 0 Å². The van der Waals surface area contributed by atoms with Gasteiger partial charge in [0.1, 0.15) is 0 Å². The quantitative estimate of drug-likeness (QED) is 0.572. The van der Waals surface area contributed by atoms with Crippen molar-refractivity contribution >= 4 is 0 Å². The lowest BCUT2D eigenvalue weighted by atomic mass is 9.77. The minimum Gasteiger partial charge on any atom is -0.0527 e. The highest BCUT2D eigenvalue weighted by Crippen LogP contribution is 2.70. The van der Waals surface area contributed by atoms with Crippen LogP contribution < -0.4 is 0 Å². The molecule has 0 aromatic rings. The van der Waals surface area contributed by atoms with Crippen LogP contribution in [0.2, 0.25) is 0 Å². The fourth-order valence-corrected chi connectivity index (χ4v) is 9.30. The van der Waals surface area contributed by atoms with Crippen LogP contribution in [0.25, 0.3) is 0 Å². The number of hydrogen-bond acceptors (Lipinski definition) is 0. The monoisotopic (exact) mass is 270 g/mol. The molecular weight excluding hydrogens is 240 g/mol. The van der Waals surface area contributed by atoms with Gasteiger partial charge in [0.05, 0.1) is 0 Å². The van der Waals surface area contributed by atoms with Gasteiger partial charge in [-0.3, -0.25) is 0 Å². The number of rotatable bonds is 0. The SMILES string of the molecule is C1CC2CC3CC4C(CC5CC6CCCC6C54)C3C2C1. The van der Waals surface area contributed by atoms with Gasteiger partial charge in [0.2, 0.25) is 0 Å². The van der Waals surface area contributed by atoms with Crippen molar-refractivity contribution in [3.8, 4) is 0 Å². The molecule has 6 fully saturated rings. The Bertz CT molecular complexity index is 386. The van der Waals surface area contributed by atoms with E-state index in [-0.39, 0.29) is 0 Å². The van der Waals surface area contributed by atoms with E-state index >= 15 is 0 Å². The van der Waals surface area contributed by atoms with E-state index < -0.39 is 0 Å². The third-order valence-electron chi connectivity index (χ3n) is 9.41. The third-order valence-corrected chi connectivity index (χ3v) is 9.41. The molecule has 20 heavy (non-hydrogen) atoms. The van der Waals surface area contributed by atoms with Crippen LogP contribution >= 0.6 is 0 Å². The summed E-state index contributed by atoms with van der Waals surface area (Å²) in [6.45, 7) is 0. The van der Waals surface area contributed by atoms with E-state index in [0.29, 0.717) is 0 Å². The zero-order valence-corrected chi connectivity index (χ0v) is 12.8. The Morgan fingerprint density at radius 3 is 1.40 bits per heavy atom. The maximum absolute atomic E-state index is 1.69. The number of fused-ring (bicyclic) bond motifs is 9. The maximum atomic E-state index is 1.69. The molecule has 0 spiro atoms. The molecule has 110 valence electrons. The van der Waals surface area contributed by atoms with Gasteiger partial charge in [0.15, 0.2) is 0 Å². The first-order valence-electron chi connectivity index (χ1n) is 9.90. The van der Waals surface area contributed by atoms with Crippen LogP contribution in [-0.2, 0) is 0 Å². The molecule has 0 saturated heterocycles. The van der Waals surface area contributed by atoms with E-state index in [4.69, 9.17) is 0 Å². The average molecular weight is 270 g/mol. The Morgan fingerprint density at radius 1 is 0.400 bits per heavy atom. The van der Waals surface area contributed by atoms with Crippen LogP contribution in [0.5, 0.6) is 0 Å². The molecule has 0 nitrogen and oxygen atoms in total. The molecule has 0 bridgehead atoms. The van der Waals surface area contributed by atoms with Crippen molar-refractivity contribution in [2.45, 2.75) is 64.2 Å². The number of hydrogen-bond donors (Lipinski definition) is 0. The highest BCUT2D eigenvalue weighted by molar-refractivity contribution is 5.12. The Balaban J connectivity index is 1.32. The molecule has 6 rings (SSSR count). The van der Waals surface area contributed by atoms with E-state index in [9.17, 15) is 0 Å². The first kappa shape index (κ1) is 11.6. The fraction of sp³-hybridized carbons (Fsp3) is 1.00. The van der Waals surface area contributed by atoms with E-state index in [1.54, 1.807) is 64.2 Å². The molecule has 6 aliphatic rings. The summed E-state index contributed by atoms with van der Waals surface area (Å²) in [5, 5.41) is 0. The standard InChI is InChI=1S/C20H30/c1-3-11-7-13-9-18-17(19(13)15(11)5-1)10-14-8-12-4-2-6-16(12)20(14)18/h11-20H,1-10H2. The van der Waals surface area contributed by atoms with E-state index in [1.807, 2.05) is 0 Å². The second kappa shape index (κ2) is 3.85. The highest BCUT2D eigenvalue weighted by Gasteiger charge is 2.63. The molecule has 0 amide bonds. The first-order chi connectivity index (χ1) is 9.90. The summed E-state index contributed by atoms with van der Waals surface area (Å²) in [7, 11) is 0. The van der Waals surface area contributed by atoms with Crippen LogP contribution in [0.1, 0.15) is 64.2 Å². The lowest BCUT2D eigenvalue weighted by molar-refractivity contribution is 0.202. The van der Waals surface area contributed by atoms with E-state index in [1.165, 1.54) is 59.2 Å². The lowest BCUT2D eigenvalue weighted by Gasteiger charge is -2.28. The third kappa shape index (κ3) is 1.27. The van der Waals surface area contributed by atoms with Crippen molar-refractivity contribution < 1.29 is 0 Å². The van der Waals surface area contributed by atoms with Crippen molar-refractivity contribution in [2.24, 2.45) is 59.2 Å². The molecule has 0 aromatic heterocycles. The smallest absolute Gasteiger partial charge is 0.0323 e. The molecule has 10 unspecified atom stereocenters. The molecular formula is C20H30. The van der Waals surface area contributed by atoms with E-state index in [0.717, 1.165) is 0 Å². The van der Waals surface area contributed by atoms with Gasteiger partial charge in [-0.1, -0.05) is 25.7 Å². The fourth-order valence-electron chi connectivity index (χ4n) is 9.30. The van der Waals surface area contributed by atoms with Gasteiger partial charge in [-0.2, -0.15) is 0 Å². The summed E-state index contributed by atoms with van der Waals surface area (Å²) in [5.41, 5.74) is 0. The molecule has 0 aliphatic heterocycles. The van der Waals surface area contributed by atoms with Crippen molar-refractivity contribution in [3.63, 3.8) is 0 Å².